The SMILES string of the molecule is O=C1NN=C(c2ccco2)C1=Cc1cc2c([nH]1)CCCC2. The number of hydrogen-bond donors (Lipinski definition) is 2. The minimum Gasteiger partial charge on any atom is -0.463 e. The van der Waals surface area contributed by atoms with Crippen molar-refractivity contribution in [3.63, 3.8) is 0 Å². The van der Waals surface area contributed by atoms with E-state index in [1.807, 2.05) is 6.08 Å². The second kappa shape index (κ2) is 4.77. The monoisotopic (exact) mass is 281 g/mol. The number of rotatable bonds is 2. The smallest absolute Gasteiger partial charge is 0.273 e. The van der Waals surface area contributed by atoms with Crippen molar-refractivity contribution in [3.8, 4) is 0 Å². The summed E-state index contributed by atoms with van der Waals surface area (Å²) in [4.78, 5) is 15.4. The molecule has 2 N–H and O–H groups in total. The minimum atomic E-state index is -0.200. The Labute approximate surface area is 121 Å². The van der Waals surface area contributed by atoms with Crippen LogP contribution in [0.4, 0.5) is 0 Å². The predicted octanol–water partition coefficient (Wildman–Crippen LogP) is 2.40. The molecule has 3 heterocycles. The van der Waals surface area contributed by atoms with Crippen LogP contribution < -0.4 is 5.43 Å². The van der Waals surface area contributed by atoms with Crippen molar-refractivity contribution >= 4 is 17.7 Å². The lowest BCUT2D eigenvalue weighted by atomic mass is 9.98. The van der Waals surface area contributed by atoms with E-state index in [0.29, 0.717) is 17.0 Å². The van der Waals surface area contributed by atoms with Gasteiger partial charge in [-0.25, -0.2) is 5.43 Å². The molecule has 2 aliphatic rings. The van der Waals surface area contributed by atoms with Crippen LogP contribution in [0, 0.1) is 0 Å². The number of fused-ring (bicyclic) bond motifs is 1. The molecule has 21 heavy (non-hydrogen) atoms. The van der Waals surface area contributed by atoms with E-state index in [-0.39, 0.29) is 5.91 Å². The molecule has 0 spiro atoms. The summed E-state index contributed by atoms with van der Waals surface area (Å²) in [6, 6.07) is 5.71. The summed E-state index contributed by atoms with van der Waals surface area (Å²) in [7, 11) is 0. The highest BCUT2D eigenvalue weighted by Gasteiger charge is 2.26. The fourth-order valence-corrected chi connectivity index (χ4v) is 2.93. The van der Waals surface area contributed by atoms with Crippen molar-refractivity contribution in [3.05, 3.63) is 52.7 Å². The standard InChI is InChI=1S/C16H15N3O2/c20-16-12(15(18-19-16)14-6-3-7-21-14)9-11-8-10-4-1-2-5-13(10)17-11/h3,6-9,17H,1-2,4-5H2,(H,19,20). The number of hydrazone groups is 1. The number of amides is 1. The highest BCUT2D eigenvalue weighted by Crippen LogP contribution is 2.24. The first-order chi connectivity index (χ1) is 10.3. The van der Waals surface area contributed by atoms with E-state index in [1.165, 1.54) is 24.1 Å². The second-order valence-electron chi connectivity index (χ2n) is 5.37. The third kappa shape index (κ3) is 2.11. The topological polar surface area (TPSA) is 70.4 Å². The Hall–Kier alpha value is -2.56. The molecule has 106 valence electrons. The molecule has 0 saturated carbocycles. The zero-order valence-corrected chi connectivity index (χ0v) is 11.5. The second-order valence-corrected chi connectivity index (χ2v) is 5.37. The number of nitrogens with one attached hydrogen (secondary N) is 2. The van der Waals surface area contributed by atoms with Gasteiger partial charge in [0.25, 0.3) is 5.91 Å². The number of carbonyl (C=O) groups excluding carboxylic acids is 1. The highest BCUT2D eigenvalue weighted by molar-refractivity contribution is 6.32. The number of aromatic amines is 1. The van der Waals surface area contributed by atoms with E-state index in [9.17, 15) is 4.79 Å². The zero-order valence-electron chi connectivity index (χ0n) is 11.5. The Morgan fingerprint density at radius 2 is 2.19 bits per heavy atom. The molecule has 0 radical (unpaired) electrons. The van der Waals surface area contributed by atoms with Crippen LogP contribution in [0.2, 0.25) is 0 Å². The van der Waals surface area contributed by atoms with E-state index in [2.05, 4.69) is 21.6 Å². The molecule has 0 unspecified atom stereocenters. The van der Waals surface area contributed by atoms with Gasteiger partial charge in [0.15, 0.2) is 5.76 Å². The molecule has 0 atom stereocenters. The van der Waals surface area contributed by atoms with E-state index in [1.54, 1.807) is 18.4 Å². The Kier molecular flexibility index (Phi) is 2.77. The Balaban J connectivity index is 1.72. The van der Waals surface area contributed by atoms with Gasteiger partial charge in [0.05, 0.1) is 11.8 Å². The average molecular weight is 281 g/mol. The molecule has 4 rings (SSSR count). The van der Waals surface area contributed by atoms with Crippen LogP contribution in [-0.4, -0.2) is 16.6 Å². The lowest BCUT2D eigenvalue weighted by molar-refractivity contribution is -0.116. The number of carbonyl (C=O) groups is 1. The summed E-state index contributed by atoms with van der Waals surface area (Å²) >= 11 is 0. The molecule has 0 aromatic carbocycles. The van der Waals surface area contributed by atoms with E-state index in [0.717, 1.165) is 18.5 Å². The minimum absolute atomic E-state index is 0.200. The number of H-pyrrole nitrogens is 1. The number of aryl methyl sites for hydroxylation is 2. The Morgan fingerprint density at radius 3 is 3.00 bits per heavy atom. The van der Waals surface area contributed by atoms with Crippen LogP contribution in [0.3, 0.4) is 0 Å². The van der Waals surface area contributed by atoms with E-state index in [4.69, 9.17) is 4.42 Å². The maximum absolute atomic E-state index is 12.0. The van der Waals surface area contributed by atoms with Gasteiger partial charge in [-0.2, -0.15) is 5.10 Å². The van der Waals surface area contributed by atoms with Crippen molar-refractivity contribution in [1.29, 1.82) is 0 Å². The van der Waals surface area contributed by atoms with Crippen LogP contribution in [0.25, 0.3) is 6.08 Å². The molecule has 2 aromatic rings. The maximum Gasteiger partial charge on any atom is 0.273 e. The van der Waals surface area contributed by atoms with Gasteiger partial charge < -0.3 is 9.40 Å². The van der Waals surface area contributed by atoms with Crippen LogP contribution >= 0.6 is 0 Å². The van der Waals surface area contributed by atoms with E-state index < -0.39 is 0 Å². The molecular formula is C16H15N3O2. The third-order valence-electron chi connectivity index (χ3n) is 3.96. The summed E-state index contributed by atoms with van der Waals surface area (Å²) in [5.41, 5.74) is 7.19. The molecule has 0 bridgehead atoms. The van der Waals surface area contributed by atoms with Crippen LogP contribution in [0.5, 0.6) is 0 Å². The predicted molar refractivity (Wildman–Crippen MR) is 78.8 cm³/mol. The molecule has 1 aliphatic heterocycles. The number of furan rings is 1. The zero-order chi connectivity index (χ0) is 14.2. The number of hydrogen-bond acceptors (Lipinski definition) is 3. The van der Waals surface area contributed by atoms with Crippen molar-refractivity contribution in [1.82, 2.24) is 10.4 Å². The molecule has 5 nitrogen and oxygen atoms in total. The molecular weight excluding hydrogens is 266 g/mol. The van der Waals surface area contributed by atoms with E-state index >= 15 is 0 Å². The highest BCUT2D eigenvalue weighted by atomic mass is 16.3. The normalized spacial score (nSPS) is 19.5. The lowest BCUT2D eigenvalue weighted by Crippen LogP contribution is -2.13. The number of aromatic nitrogens is 1. The van der Waals surface area contributed by atoms with Crippen LogP contribution in [0.1, 0.15) is 35.6 Å². The summed E-state index contributed by atoms with van der Waals surface area (Å²) in [5, 5.41) is 4.06. The molecule has 0 saturated heterocycles. The Morgan fingerprint density at radius 1 is 1.29 bits per heavy atom. The summed E-state index contributed by atoms with van der Waals surface area (Å²) in [6.45, 7) is 0. The largest absolute Gasteiger partial charge is 0.463 e. The van der Waals surface area contributed by atoms with Crippen molar-refractivity contribution < 1.29 is 9.21 Å². The van der Waals surface area contributed by atoms with Gasteiger partial charge in [-0.3, -0.25) is 4.79 Å². The lowest BCUT2D eigenvalue weighted by Gasteiger charge is -2.08. The first kappa shape index (κ1) is 12.2. The summed E-state index contributed by atoms with van der Waals surface area (Å²) in [6.07, 6.45) is 8.08. The van der Waals surface area contributed by atoms with Crippen molar-refractivity contribution in [2.45, 2.75) is 25.7 Å². The fraction of sp³-hybridized carbons (Fsp3) is 0.250. The van der Waals surface area contributed by atoms with Gasteiger partial charge in [-0.05, 0) is 55.5 Å². The first-order valence-corrected chi connectivity index (χ1v) is 7.16. The van der Waals surface area contributed by atoms with Gasteiger partial charge in [-0.15, -0.1) is 0 Å². The quantitative estimate of drug-likeness (QED) is 0.830. The van der Waals surface area contributed by atoms with Gasteiger partial charge in [0.1, 0.15) is 5.71 Å². The number of nitrogens with zero attached hydrogens (tertiary/aromatic N) is 1. The third-order valence-corrected chi connectivity index (χ3v) is 3.96. The van der Waals surface area contributed by atoms with Gasteiger partial charge in [-0.1, -0.05) is 0 Å². The van der Waals surface area contributed by atoms with Crippen LogP contribution in [0.15, 0.2) is 39.6 Å². The average Bonchev–Trinajstić information content (AvgIpc) is 3.19. The molecule has 0 fully saturated rings. The Bertz CT molecular complexity index is 727. The van der Waals surface area contributed by atoms with Gasteiger partial charge >= 0.3 is 0 Å². The molecule has 5 heteroatoms. The molecule has 1 amide bonds. The summed E-state index contributed by atoms with van der Waals surface area (Å²) in [5.74, 6) is 0.393. The first-order valence-electron chi connectivity index (χ1n) is 7.16. The van der Waals surface area contributed by atoms with Gasteiger partial charge in [0.2, 0.25) is 0 Å². The molecule has 2 aromatic heterocycles. The van der Waals surface area contributed by atoms with Crippen molar-refractivity contribution in [2.75, 3.05) is 0 Å². The van der Waals surface area contributed by atoms with Crippen molar-refractivity contribution in [2.24, 2.45) is 5.10 Å². The maximum atomic E-state index is 12.0. The van der Waals surface area contributed by atoms with Gasteiger partial charge in [0, 0.05) is 11.4 Å². The molecule has 1 aliphatic carbocycles. The fourth-order valence-electron chi connectivity index (χ4n) is 2.93. The van der Waals surface area contributed by atoms with Crippen LogP contribution in [-0.2, 0) is 17.6 Å². The summed E-state index contributed by atoms with van der Waals surface area (Å²) < 4.78 is 5.34.